The summed E-state index contributed by atoms with van der Waals surface area (Å²) >= 11 is 0. The van der Waals surface area contributed by atoms with Crippen molar-refractivity contribution >= 4 is 5.97 Å². The highest BCUT2D eigenvalue weighted by atomic mass is 16.6. The van der Waals surface area contributed by atoms with Crippen LogP contribution in [-0.2, 0) is 14.3 Å². The number of allylic oxidation sites excluding steroid dienone is 4. The van der Waals surface area contributed by atoms with Crippen LogP contribution in [0, 0.1) is 0 Å². The zero-order valence-corrected chi connectivity index (χ0v) is 29.0. The van der Waals surface area contributed by atoms with Crippen LogP contribution in [0.3, 0.4) is 0 Å². The lowest BCUT2D eigenvalue weighted by molar-refractivity contribution is -0.154. The zero-order valence-electron chi connectivity index (χ0n) is 29.0. The summed E-state index contributed by atoms with van der Waals surface area (Å²) in [5.74, 6) is -0.211. The Kier molecular flexibility index (Phi) is 36.1. The normalized spacial score (nSPS) is 12.5. The minimum atomic E-state index is -0.537. The van der Waals surface area contributed by atoms with Crippen LogP contribution >= 0.6 is 0 Å². The Morgan fingerprint density at radius 1 is 0.535 bits per heavy atom. The number of aliphatic hydroxyl groups is 1. The molecule has 4 heteroatoms. The molecule has 0 aliphatic heterocycles. The summed E-state index contributed by atoms with van der Waals surface area (Å²) in [7, 11) is 0. The fraction of sp³-hybridized carbons (Fsp3) is 0.872. The summed E-state index contributed by atoms with van der Waals surface area (Å²) < 4.78 is 11.1. The van der Waals surface area contributed by atoms with E-state index in [1.165, 1.54) is 154 Å². The van der Waals surface area contributed by atoms with Gasteiger partial charge in [0.1, 0.15) is 6.10 Å². The number of carbonyl (C=O) groups is 1. The third-order valence-corrected chi connectivity index (χ3v) is 8.25. The highest BCUT2D eigenvalue weighted by molar-refractivity contribution is 5.69. The second kappa shape index (κ2) is 37.1. The van der Waals surface area contributed by atoms with Crippen molar-refractivity contribution in [2.24, 2.45) is 0 Å². The summed E-state index contributed by atoms with van der Waals surface area (Å²) in [6.45, 7) is 5.33. The molecule has 0 rings (SSSR count). The Hall–Kier alpha value is -1.13. The van der Waals surface area contributed by atoms with Crippen molar-refractivity contribution in [3.8, 4) is 0 Å². The number of aliphatic hydroxyl groups excluding tert-OH is 1. The van der Waals surface area contributed by atoms with E-state index in [2.05, 4.69) is 38.2 Å². The highest BCUT2D eigenvalue weighted by Crippen LogP contribution is 2.12. The molecule has 0 aliphatic carbocycles. The SMILES string of the molecule is CCCCCCCC/C=C\CCCCCCCCOCC(CO)OC(=O)CCCCCCC/C=C\CCCCCCCC. The minimum Gasteiger partial charge on any atom is -0.457 e. The number of esters is 1. The van der Waals surface area contributed by atoms with E-state index in [0.717, 1.165) is 19.3 Å². The molecule has 1 atom stereocenters. The van der Waals surface area contributed by atoms with Crippen molar-refractivity contribution in [3.63, 3.8) is 0 Å². The van der Waals surface area contributed by atoms with Crippen LogP contribution in [-0.4, -0.2) is 37.0 Å². The molecule has 0 bridgehead atoms. The van der Waals surface area contributed by atoms with Crippen LogP contribution in [0.15, 0.2) is 24.3 Å². The summed E-state index contributed by atoms with van der Waals surface area (Å²) in [6.07, 6.45) is 43.6. The Bertz CT molecular complexity index is 600. The maximum atomic E-state index is 12.1. The van der Waals surface area contributed by atoms with Crippen molar-refractivity contribution in [3.05, 3.63) is 24.3 Å². The molecule has 1 unspecified atom stereocenters. The molecule has 254 valence electrons. The predicted molar refractivity (Wildman–Crippen MR) is 187 cm³/mol. The molecule has 0 amide bonds. The fourth-order valence-corrected chi connectivity index (χ4v) is 5.38. The first-order valence-corrected chi connectivity index (χ1v) is 18.9. The van der Waals surface area contributed by atoms with Gasteiger partial charge in [-0.15, -0.1) is 0 Å². The van der Waals surface area contributed by atoms with Crippen molar-refractivity contribution < 1.29 is 19.4 Å². The Labute approximate surface area is 268 Å². The van der Waals surface area contributed by atoms with Gasteiger partial charge >= 0.3 is 5.97 Å². The molecule has 4 nitrogen and oxygen atoms in total. The molecule has 0 saturated carbocycles. The second-order valence-corrected chi connectivity index (χ2v) is 12.6. The van der Waals surface area contributed by atoms with Crippen LogP contribution in [0.4, 0.5) is 0 Å². The van der Waals surface area contributed by atoms with Crippen LogP contribution in [0.2, 0.25) is 0 Å². The zero-order chi connectivity index (χ0) is 31.3. The Morgan fingerprint density at radius 2 is 0.907 bits per heavy atom. The number of hydrogen-bond donors (Lipinski definition) is 1. The summed E-state index contributed by atoms with van der Waals surface area (Å²) in [5, 5.41) is 9.55. The van der Waals surface area contributed by atoms with Gasteiger partial charge < -0.3 is 14.6 Å². The number of unbranched alkanes of at least 4 members (excludes halogenated alkanes) is 23. The monoisotopic (exact) mass is 607 g/mol. The average molecular weight is 607 g/mol. The largest absolute Gasteiger partial charge is 0.457 e. The molecule has 0 aromatic rings. The van der Waals surface area contributed by atoms with Crippen LogP contribution in [0.25, 0.3) is 0 Å². The molecule has 43 heavy (non-hydrogen) atoms. The molecule has 0 radical (unpaired) electrons. The van der Waals surface area contributed by atoms with Crippen LogP contribution < -0.4 is 0 Å². The molecule has 0 heterocycles. The van der Waals surface area contributed by atoms with Crippen molar-refractivity contribution in [2.45, 2.75) is 200 Å². The van der Waals surface area contributed by atoms with E-state index < -0.39 is 6.10 Å². The van der Waals surface area contributed by atoms with Gasteiger partial charge in [0.2, 0.25) is 0 Å². The molecular weight excluding hydrogens is 532 g/mol. The highest BCUT2D eigenvalue weighted by Gasteiger charge is 2.13. The van der Waals surface area contributed by atoms with E-state index in [9.17, 15) is 9.90 Å². The number of rotatable bonds is 35. The van der Waals surface area contributed by atoms with E-state index in [0.29, 0.717) is 19.6 Å². The van der Waals surface area contributed by atoms with Crippen LogP contribution in [0.1, 0.15) is 194 Å². The van der Waals surface area contributed by atoms with Gasteiger partial charge in [-0.1, -0.05) is 147 Å². The summed E-state index contributed by atoms with van der Waals surface area (Å²) in [5.41, 5.74) is 0. The van der Waals surface area contributed by atoms with E-state index in [1.807, 2.05) is 0 Å². The van der Waals surface area contributed by atoms with Gasteiger partial charge in [0, 0.05) is 13.0 Å². The predicted octanol–water partition coefficient (Wildman–Crippen LogP) is 12.0. The number of carbonyl (C=O) groups excluding carboxylic acids is 1. The summed E-state index contributed by atoms with van der Waals surface area (Å²) in [6, 6.07) is 0. The van der Waals surface area contributed by atoms with Gasteiger partial charge in [0.05, 0.1) is 13.2 Å². The lowest BCUT2D eigenvalue weighted by Crippen LogP contribution is -2.27. The molecule has 0 aromatic heterocycles. The first-order valence-electron chi connectivity index (χ1n) is 18.9. The van der Waals surface area contributed by atoms with Gasteiger partial charge in [-0.05, 0) is 64.2 Å². The molecule has 0 spiro atoms. The van der Waals surface area contributed by atoms with Gasteiger partial charge in [0.25, 0.3) is 0 Å². The van der Waals surface area contributed by atoms with E-state index in [4.69, 9.17) is 9.47 Å². The minimum absolute atomic E-state index is 0.175. The van der Waals surface area contributed by atoms with E-state index >= 15 is 0 Å². The maximum Gasteiger partial charge on any atom is 0.306 e. The van der Waals surface area contributed by atoms with Crippen molar-refractivity contribution in [2.75, 3.05) is 19.8 Å². The first kappa shape index (κ1) is 41.9. The Morgan fingerprint density at radius 3 is 1.33 bits per heavy atom. The molecular formula is C39H74O4. The average Bonchev–Trinajstić information content (AvgIpc) is 3.01. The first-order chi connectivity index (χ1) is 21.2. The fourth-order valence-electron chi connectivity index (χ4n) is 5.38. The standard InChI is InChI=1S/C39H74O4/c1-3-5-7-9-11-13-15-17-19-21-23-25-27-29-31-33-35-42-37-38(36-40)43-39(41)34-32-30-28-26-24-22-20-18-16-14-12-10-8-6-4-2/h17-20,38,40H,3-16,21-37H2,1-2H3/b19-17-,20-18-. The van der Waals surface area contributed by atoms with Gasteiger partial charge in [-0.3, -0.25) is 4.79 Å². The van der Waals surface area contributed by atoms with Gasteiger partial charge in [-0.2, -0.15) is 0 Å². The molecule has 0 saturated heterocycles. The number of ether oxygens (including phenoxy) is 2. The smallest absolute Gasteiger partial charge is 0.306 e. The lowest BCUT2D eigenvalue weighted by atomic mass is 10.1. The molecule has 0 aromatic carbocycles. The van der Waals surface area contributed by atoms with Gasteiger partial charge in [-0.25, -0.2) is 0 Å². The molecule has 1 N–H and O–H groups in total. The van der Waals surface area contributed by atoms with Crippen LogP contribution in [0.5, 0.6) is 0 Å². The van der Waals surface area contributed by atoms with E-state index in [1.54, 1.807) is 0 Å². The lowest BCUT2D eigenvalue weighted by Gasteiger charge is -2.15. The van der Waals surface area contributed by atoms with Crippen molar-refractivity contribution in [1.29, 1.82) is 0 Å². The molecule has 0 aliphatic rings. The second-order valence-electron chi connectivity index (χ2n) is 12.6. The van der Waals surface area contributed by atoms with Crippen molar-refractivity contribution in [1.82, 2.24) is 0 Å². The quantitative estimate of drug-likeness (QED) is 0.0443. The molecule has 0 fully saturated rings. The third kappa shape index (κ3) is 35.2. The topological polar surface area (TPSA) is 55.8 Å². The Balaban J connectivity index is 3.45. The maximum absolute atomic E-state index is 12.1. The number of hydrogen-bond acceptors (Lipinski definition) is 4. The van der Waals surface area contributed by atoms with E-state index in [-0.39, 0.29) is 12.6 Å². The van der Waals surface area contributed by atoms with Gasteiger partial charge in [0.15, 0.2) is 0 Å². The summed E-state index contributed by atoms with van der Waals surface area (Å²) in [4.78, 5) is 12.1. The third-order valence-electron chi connectivity index (χ3n) is 8.25.